The largest absolute Gasteiger partial charge is 0.449 e. The van der Waals surface area contributed by atoms with Crippen molar-refractivity contribution in [3.8, 4) is 0 Å². The van der Waals surface area contributed by atoms with Crippen molar-refractivity contribution in [2.75, 3.05) is 49.7 Å². The molecule has 1 unspecified atom stereocenters. The zero-order valence-electron chi connectivity index (χ0n) is 18.8. The van der Waals surface area contributed by atoms with Crippen LogP contribution in [0.3, 0.4) is 0 Å². The highest BCUT2D eigenvalue weighted by atomic mass is 16.5. The molecule has 2 saturated heterocycles. The summed E-state index contributed by atoms with van der Waals surface area (Å²) in [7, 11) is 0. The summed E-state index contributed by atoms with van der Waals surface area (Å²) in [5.41, 5.74) is 0.629. The highest BCUT2D eigenvalue weighted by Gasteiger charge is 2.24. The summed E-state index contributed by atoms with van der Waals surface area (Å²) in [5.74, 6) is 1.76. The Kier molecular flexibility index (Phi) is 8.94. The molecular formula is C23H36N4O4. The van der Waals surface area contributed by atoms with Crippen LogP contribution in [0.4, 0.5) is 16.3 Å². The van der Waals surface area contributed by atoms with E-state index in [2.05, 4.69) is 15.2 Å². The second kappa shape index (κ2) is 11.9. The number of anilines is 2. The molecule has 2 amide bonds. The van der Waals surface area contributed by atoms with Gasteiger partial charge in [-0.05, 0) is 56.1 Å². The Morgan fingerprint density at radius 3 is 2.84 bits per heavy atom. The van der Waals surface area contributed by atoms with E-state index in [1.54, 1.807) is 6.20 Å². The van der Waals surface area contributed by atoms with Crippen molar-refractivity contribution in [3.63, 3.8) is 0 Å². The molecule has 1 aromatic rings. The molecule has 0 bridgehead atoms. The lowest BCUT2D eigenvalue weighted by Gasteiger charge is -2.36. The summed E-state index contributed by atoms with van der Waals surface area (Å²) in [6.45, 7) is 8.61. The second-order valence-corrected chi connectivity index (χ2v) is 8.95. The first-order valence-corrected chi connectivity index (χ1v) is 11.5. The fraction of sp³-hybridized carbons (Fsp3) is 0.696. The number of ether oxygens (including phenoxy) is 2. The number of rotatable bonds is 9. The van der Waals surface area contributed by atoms with Crippen LogP contribution in [-0.4, -0.2) is 67.9 Å². The van der Waals surface area contributed by atoms with Crippen molar-refractivity contribution >= 4 is 24.0 Å². The van der Waals surface area contributed by atoms with Gasteiger partial charge in [-0.2, -0.15) is 0 Å². The van der Waals surface area contributed by atoms with Gasteiger partial charge in [0.05, 0.1) is 18.5 Å². The molecule has 2 aliphatic heterocycles. The van der Waals surface area contributed by atoms with Gasteiger partial charge in [0, 0.05) is 38.9 Å². The normalized spacial score (nSPS) is 19.8. The summed E-state index contributed by atoms with van der Waals surface area (Å²) in [4.78, 5) is 32.2. The molecule has 1 N–H and O–H groups in total. The van der Waals surface area contributed by atoms with Crippen molar-refractivity contribution < 1.29 is 19.1 Å². The van der Waals surface area contributed by atoms with Gasteiger partial charge in [0.2, 0.25) is 6.41 Å². The average Bonchev–Trinajstić information content (AvgIpc) is 2.79. The van der Waals surface area contributed by atoms with Gasteiger partial charge in [-0.3, -0.25) is 10.1 Å². The molecule has 0 spiro atoms. The van der Waals surface area contributed by atoms with Crippen molar-refractivity contribution in [1.82, 2.24) is 9.88 Å². The van der Waals surface area contributed by atoms with Crippen LogP contribution < -0.4 is 10.2 Å². The highest BCUT2D eigenvalue weighted by Crippen LogP contribution is 2.25. The van der Waals surface area contributed by atoms with E-state index in [1.807, 2.05) is 30.9 Å². The molecule has 172 valence electrons. The van der Waals surface area contributed by atoms with E-state index in [-0.39, 0.29) is 0 Å². The molecule has 8 heteroatoms. The number of nitrogens with one attached hydrogen (secondary N) is 1. The minimum absolute atomic E-state index is 0.300. The third-order valence-corrected chi connectivity index (χ3v) is 5.98. The number of carbonyl (C=O) groups is 2. The van der Waals surface area contributed by atoms with Crippen LogP contribution in [-0.2, 0) is 14.3 Å². The van der Waals surface area contributed by atoms with Gasteiger partial charge in [-0.25, -0.2) is 9.78 Å². The molecule has 0 aromatic carbocycles. The molecule has 2 aliphatic rings. The van der Waals surface area contributed by atoms with Crippen molar-refractivity contribution in [3.05, 3.63) is 18.3 Å². The fourth-order valence-electron chi connectivity index (χ4n) is 4.22. The third-order valence-electron chi connectivity index (χ3n) is 5.98. The van der Waals surface area contributed by atoms with Gasteiger partial charge in [0.1, 0.15) is 5.82 Å². The molecule has 31 heavy (non-hydrogen) atoms. The first-order valence-electron chi connectivity index (χ1n) is 11.5. The number of amides is 2. The molecule has 0 saturated carbocycles. The first kappa shape index (κ1) is 23.3. The highest BCUT2D eigenvalue weighted by molar-refractivity contribution is 5.84. The van der Waals surface area contributed by atoms with Gasteiger partial charge in [-0.15, -0.1) is 0 Å². The van der Waals surface area contributed by atoms with E-state index in [9.17, 15) is 9.59 Å². The van der Waals surface area contributed by atoms with E-state index in [4.69, 9.17) is 9.47 Å². The van der Waals surface area contributed by atoms with E-state index in [1.165, 1.54) is 6.42 Å². The summed E-state index contributed by atoms with van der Waals surface area (Å²) in [6.07, 6.45) is 7.41. The Labute approximate surface area is 185 Å². The standard InChI is InChI=1S/C23H36N4O4/c1-18(2)16-31-23(29)25-20-5-6-22(24-14-20)26-10-3-4-19(15-26)7-11-27(17-28)21-8-12-30-13-9-21/h5-6,14,17-19,21H,3-4,7-13,15-16H2,1-2H3,(H,25,29). The molecule has 8 nitrogen and oxygen atoms in total. The van der Waals surface area contributed by atoms with Gasteiger partial charge >= 0.3 is 6.09 Å². The molecule has 1 aromatic heterocycles. The lowest BCUT2D eigenvalue weighted by molar-refractivity contribution is -0.122. The maximum atomic E-state index is 11.8. The van der Waals surface area contributed by atoms with Crippen LogP contribution in [0, 0.1) is 11.8 Å². The van der Waals surface area contributed by atoms with Crippen molar-refractivity contribution in [2.45, 2.75) is 52.0 Å². The van der Waals surface area contributed by atoms with E-state index >= 15 is 0 Å². The van der Waals surface area contributed by atoms with Crippen LogP contribution >= 0.6 is 0 Å². The van der Waals surface area contributed by atoms with Crippen molar-refractivity contribution in [2.24, 2.45) is 11.8 Å². The molecule has 2 fully saturated rings. The molecule has 0 aliphatic carbocycles. The number of pyridine rings is 1. The Morgan fingerprint density at radius 2 is 2.16 bits per heavy atom. The van der Waals surface area contributed by atoms with Crippen LogP contribution in [0.25, 0.3) is 0 Å². The SMILES string of the molecule is CC(C)COC(=O)Nc1ccc(N2CCCC(CCN(C=O)C3CCOCC3)C2)nc1. The van der Waals surface area contributed by atoms with Gasteiger partial charge in [-0.1, -0.05) is 13.8 Å². The van der Waals surface area contributed by atoms with Crippen LogP contribution in [0.5, 0.6) is 0 Å². The molecular weight excluding hydrogens is 396 g/mol. The van der Waals surface area contributed by atoms with Crippen LogP contribution in [0.2, 0.25) is 0 Å². The topological polar surface area (TPSA) is 84.0 Å². The average molecular weight is 433 g/mol. The van der Waals surface area contributed by atoms with Crippen molar-refractivity contribution in [1.29, 1.82) is 0 Å². The Bertz CT molecular complexity index is 691. The van der Waals surface area contributed by atoms with Gasteiger partial charge in [0.25, 0.3) is 0 Å². The monoisotopic (exact) mass is 432 g/mol. The number of nitrogens with zero attached hydrogens (tertiary/aromatic N) is 3. The number of hydrogen-bond acceptors (Lipinski definition) is 6. The van der Waals surface area contributed by atoms with Crippen LogP contribution in [0.15, 0.2) is 18.3 Å². The predicted molar refractivity (Wildman–Crippen MR) is 120 cm³/mol. The zero-order chi connectivity index (χ0) is 22.1. The summed E-state index contributed by atoms with van der Waals surface area (Å²) in [5, 5.41) is 2.72. The second-order valence-electron chi connectivity index (χ2n) is 8.95. The lowest BCUT2D eigenvalue weighted by atomic mass is 9.94. The first-order chi connectivity index (χ1) is 15.0. The smallest absolute Gasteiger partial charge is 0.411 e. The number of hydrogen-bond donors (Lipinski definition) is 1. The quantitative estimate of drug-likeness (QED) is 0.601. The number of piperidine rings is 1. The minimum Gasteiger partial charge on any atom is -0.449 e. The Balaban J connectivity index is 1.47. The number of aromatic nitrogens is 1. The Hall–Kier alpha value is -2.35. The van der Waals surface area contributed by atoms with E-state index in [0.29, 0.717) is 30.2 Å². The number of carbonyl (C=O) groups excluding carboxylic acids is 2. The molecule has 3 heterocycles. The summed E-state index contributed by atoms with van der Waals surface area (Å²) < 4.78 is 10.6. The van der Waals surface area contributed by atoms with E-state index in [0.717, 1.165) is 70.8 Å². The minimum atomic E-state index is -0.453. The Morgan fingerprint density at radius 1 is 1.35 bits per heavy atom. The molecule has 3 rings (SSSR count). The summed E-state index contributed by atoms with van der Waals surface area (Å²) >= 11 is 0. The van der Waals surface area contributed by atoms with E-state index < -0.39 is 6.09 Å². The molecule has 0 radical (unpaired) electrons. The van der Waals surface area contributed by atoms with Crippen LogP contribution in [0.1, 0.15) is 46.0 Å². The molecule has 1 atom stereocenters. The fourth-order valence-corrected chi connectivity index (χ4v) is 4.22. The van der Waals surface area contributed by atoms with Gasteiger partial charge in [0.15, 0.2) is 0 Å². The maximum absolute atomic E-state index is 11.8. The zero-order valence-corrected chi connectivity index (χ0v) is 18.8. The predicted octanol–water partition coefficient (Wildman–Crippen LogP) is 3.53. The lowest BCUT2D eigenvalue weighted by Crippen LogP contribution is -2.41. The third kappa shape index (κ3) is 7.38. The van der Waals surface area contributed by atoms with Gasteiger partial charge < -0.3 is 19.3 Å². The summed E-state index contributed by atoms with van der Waals surface area (Å²) in [6, 6.07) is 4.13. The maximum Gasteiger partial charge on any atom is 0.411 e.